The topological polar surface area (TPSA) is 184 Å². The Morgan fingerprint density at radius 2 is 1.33 bits per heavy atom. The number of amides is 2. The fourth-order valence-electron chi connectivity index (χ4n) is 5.14. The van der Waals surface area contributed by atoms with Gasteiger partial charge in [-0.2, -0.15) is 0 Å². The van der Waals surface area contributed by atoms with Gasteiger partial charge in [0.15, 0.2) is 0 Å². The van der Waals surface area contributed by atoms with Crippen molar-refractivity contribution < 1.29 is 52.8 Å². The van der Waals surface area contributed by atoms with Crippen LogP contribution in [0.1, 0.15) is 36.5 Å². The average molecular weight is 633 g/mol. The molecule has 240 valence electrons. The minimum Gasteiger partial charge on any atom is -0.478 e. The van der Waals surface area contributed by atoms with E-state index in [1.807, 2.05) is 48.5 Å². The first-order valence-corrected chi connectivity index (χ1v) is 14.1. The van der Waals surface area contributed by atoms with Crippen molar-refractivity contribution in [1.29, 1.82) is 0 Å². The highest BCUT2D eigenvalue weighted by Gasteiger charge is 2.39. The standard InChI is InChI=1S/C33H32N2O11/c1-18(36)45-28(29(31(39)40)46-19(2)37)30(38)34-21-14-12-20(13-15-21)16-27(32(41)43-3)35-33(42)44-17-26-24-10-6-4-8-22(24)23-9-5-7-11-25(23)26/h4-15,26-29H,16-17H2,1-3H3,(H,34,38)(H,35,42)(H,39,40)/t27?,28-,29-/m1/s1. The lowest BCUT2D eigenvalue weighted by Crippen LogP contribution is -2.47. The molecule has 3 aromatic rings. The van der Waals surface area contributed by atoms with Crippen molar-refractivity contribution >= 4 is 41.6 Å². The van der Waals surface area contributed by atoms with Crippen LogP contribution in [0.2, 0.25) is 0 Å². The quantitative estimate of drug-likeness (QED) is 0.197. The third kappa shape index (κ3) is 8.05. The Balaban J connectivity index is 1.39. The third-order valence-electron chi connectivity index (χ3n) is 7.15. The second kappa shape index (κ2) is 14.8. The summed E-state index contributed by atoms with van der Waals surface area (Å²) < 4.78 is 19.9. The van der Waals surface area contributed by atoms with E-state index in [1.54, 1.807) is 12.1 Å². The summed E-state index contributed by atoms with van der Waals surface area (Å²) in [6.07, 6.45) is -4.85. The van der Waals surface area contributed by atoms with Crippen molar-refractivity contribution in [1.82, 2.24) is 5.32 Å². The minimum absolute atomic E-state index is 0.00864. The fraction of sp³-hybridized carbons (Fsp3) is 0.273. The van der Waals surface area contributed by atoms with Crippen LogP contribution in [-0.2, 0) is 49.3 Å². The van der Waals surface area contributed by atoms with Crippen LogP contribution >= 0.6 is 0 Å². The van der Waals surface area contributed by atoms with E-state index in [-0.39, 0.29) is 24.6 Å². The Hall–Kier alpha value is -5.72. The number of esters is 3. The molecule has 0 aliphatic heterocycles. The Labute approximate surface area is 263 Å². The second-order valence-electron chi connectivity index (χ2n) is 10.3. The van der Waals surface area contributed by atoms with Gasteiger partial charge >= 0.3 is 30.0 Å². The summed E-state index contributed by atoms with van der Waals surface area (Å²) in [7, 11) is 1.19. The number of nitrogens with one attached hydrogen (secondary N) is 2. The molecule has 3 atom stereocenters. The number of ether oxygens (including phenoxy) is 4. The summed E-state index contributed by atoms with van der Waals surface area (Å²) in [5.41, 5.74) is 4.97. The van der Waals surface area contributed by atoms with Crippen molar-refractivity contribution in [2.45, 2.75) is 44.4 Å². The molecule has 0 bridgehead atoms. The number of aliphatic carboxylic acids is 1. The molecule has 0 spiro atoms. The first-order valence-electron chi connectivity index (χ1n) is 14.1. The molecule has 2 amide bonds. The molecule has 0 aromatic heterocycles. The summed E-state index contributed by atoms with van der Waals surface area (Å²) in [5.74, 6) is -5.58. The molecule has 0 saturated heterocycles. The monoisotopic (exact) mass is 632 g/mol. The van der Waals surface area contributed by atoms with Gasteiger partial charge in [0.2, 0.25) is 12.2 Å². The van der Waals surface area contributed by atoms with Crippen LogP contribution in [0, 0.1) is 0 Å². The van der Waals surface area contributed by atoms with Gasteiger partial charge in [0.1, 0.15) is 12.6 Å². The molecule has 1 unspecified atom stereocenters. The van der Waals surface area contributed by atoms with Gasteiger partial charge in [0.25, 0.3) is 5.91 Å². The van der Waals surface area contributed by atoms with Crippen LogP contribution in [0.25, 0.3) is 11.1 Å². The van der Waals surface area contributed by atoms with Crippen LogP contribution in [0.15, 0.2) is 72.8 Å². The zero-order valence-corrected chi connectivity index (χ0v) is 25.2. The van der Waals surface area contributed by atoms with Gasteiger partial charge in [-0.3, -0.25) is 14.4 Å². The first kappa shape index (κ1) is 33.2. The molecule has 1 aliphatic rings. The molecule has 0 saturated carbocycles. The number of carboxylic acid groups (broad SMARTS) is 1. The van der Waals surface area contributed by atoms with Crippen LogP contribution in [-0.4, -0.2) is 73.0 Å². The highest BCUT2D eigenvalue weighted by atomic mass is 16.6. The van der Waals surface area contributed by atoms with Crippen molar-refractivity contribution in [2.75, 3.05) is 19.0 Å². The van der Waals surface area contributed by atoms with Gasteiger partial charge in [-0.05, 0) is 39.9 Å². The number of methoxy groups -OCH3 is 1. The van der Waals surface area contributed by atoms with E-state index in [1.165, 1.54) is 19.2 Å². The Morgan fingerprint density at radius 1 is 0.783 bits per heavy atom. The van der Waals surface area contributed by atoms with E-state index in [0.29, 0.717) is 5.56 Å². The van der Waals surface area contributed by atoms with E-state index < -0.39 is 54.1 Å². The largest absolute Gasteiger partial charge is 0.478 e. The molecular weight excluding hydrogens is 600 g/mol. The summed E-state index contributed by atoms with van der Waals surface area (Å²) >= 11 is 0. The minimum atomic E-state index is -2.08. The SMILES string of the molecule is COC(=O)C(Cc1ccc(NC(=O)[C@H](OC(C)=O)[C@@H](OC(C)=O)C(=O)O)cc1)NC(=O)OCC1c2ccccc2-c2ccccc21. The van der Waals surface area contributed by atoms with E-state index in [2.05, 4.69) is 15.4 Å². The summed E-state index contributed by atoms with van der Waals surface area (Å²) in [4.78, 5) is 72.7. The van der Waals surface area contributed by atoms with Gasteiger partial charge in [-0.15, -0.1) is 0 Å². The van der Waals surface area contributed by atoms with Gasteiger partial charge in [-0.1, -0.05) is 60.7 Å². The fourth-order valence-corrected chi connectivity index (χ4v) is 5.14. The van der Waals surface area contributed by atoms with Crippen molar-refractivity contribution in [2.24, 2.45) is 0 Å². The molecule has 0 heterocycles. The van der Waals surface area contributed by atoms with Gasteiger partial charge in [0, 0.05) is 31.9 Å². The molecule has 0 radical (unpaired) electrons. The maximum Gasteiger partial charge on any atom is 0.407 e. The Bertz CT molecular complexity index is 1590. The molecule has 13 nitrogen and oxygen atoms in total. The number of fused-ring (bicyclic) bond motifs is 3. The molecule has 4 rings (SSSR count). The maximum atomic E-state index is 12.8. The lowest BCUT2D eigenvalue weighted by Gasteiger charge is -2.22. The predicted octanol–water partition coefficient (Wildman–Crippen LogP) is 3.20. The molecule has 0 fully saturated rings. The summed E-state index contributed by atoms with van der Waals surface area (Å²) in [5, 5.41) is 14.4. The molecule has 13 heteroatoms. The van der Waals surface area contributed by atoms with Crippen molar-refractivity contribution in [3.05, 3.63) is 89.5 Å². The number of alkyl carbamates (subject to hydrolysis) is 1. The van der Waals surface area contributed by atoms with Crippen LogP contribution in [0.3, 0.4) is 0 Å². The predicted molar refractivity (Wildman–Crippen MR) is 162 cm³/mol. The van der Waals surface area contributed by atoms with Crippen molar-refractivity contribution in [3.63, 3.8) is 0 Å². The number of carbonyl (C=O) groups excluding carboxylic acids is 5. The molecule has 3 aromatic carbocycles. The number of anilines is 1. The van der Waals surface area contributed by atoms with Gasteiger partial charge in [0.05, 0.1) is 7.11 Å². The number of carbonyl (C=O) groups is 6. The smallest absolute Gasteiger partial charge is 0.407 e. The summed E-state index contributed by atoms with van der Waals surface area (Å²) in [6.45, 7) is 1.97. The zero-order chi connectivity index (χ0) is 33.4. The highest BCUT2D eigenvalue weighted by molar-refractivity contribution is 5.99. The normalized spacial score (nSPS) is 13.5. The first-order chi connectivity index (χ1) is 22.0. The van der Waals surface area contributed by atoms with Crippen LogP contribution < -0.4 is 10.6 Å². The molecular formula is C33H32N2O11. The lowest BCUT2D eigenvalue weighted by atomic mass is 9.98. The van der Waals surface area contributed by atoms with E-state index in [0.717, 1.165) is 36.1 Å². The maximum absolute atomic E-state index is 12.8. The number of rotatable bonds is 12. The zero-order valence-electron chi connectivity index (χ0n) is 25.2. The number of hydrogen-bond donors (Lipinski definition) is 3. The number of benzene rings is 3. The number of hydrogen-bond acceptors (Lipinski definition) is 10. The lowest BCUT2D eigenvalue weighted by molar-refractivity contribution is -0.179. The Morgan fingerprint density at radius 3 is 1.85 bits per heavy atom. The molecule has 46 heavy (non-hydrogen) atoms. The van der Waals surface area contributed by atoms with Gasteiger partial charge in [-0.25, -0.2) is 14.4 Å². The average Bonchev–Trinajstić information content (AvgIpc) is 3.35. The van der Waals surface area contributed by atoms with Crippen LogP contribution in [0.4, 0.5) is 10.5 Å². The van der Waals surface area contributed by atoms with E-state index in [9.17, 15) is 33.9 Å². The van der Waals surface area contributed by atoms with Gasteiger partial charge < -0.3 is 34.7 Å². The highest BCUT2D eigenvalue weighted by Crippen LogP contribution is 2.44. The number of carboxylic acids is 1. The Kier molecular flexibility index (Phi) is 10.7. The third-order valence-corrected chi connectivity index (χ3v) is 7.15. The van der Waals surface area contributed by atoms with E-state index >= 15 is 0 Å². The van der Waals surface area contributed by atoms with Crippen molar-refractivity contribution in [3.8, 4) is 11.1 Å². The second-order valence-corrected chi connectivity index (χ2v) is 10.3. The van der Waals surface area contributed by atoms with E-state index in [4.69, 9.17) is 14.2 Å². The molecule has 1 aliphatic carbocycles. The summed E-state index contributed by atoms with van der Waals surface area (Å²) in [6, 6.07) is 20.7. The van der Waals surface area contributed by atoms with Crippen LogP contribution in [0.5, 0.6) is 0 Å². The molecule has 3 N–H and O–H groups in total.